The molecule has 5 rings (SSSR count). The molecule has 2 aromatic carbocycles. The molecule has 36 heavy (non-hydrogen) atoms. The van der Waals surface area contributed by atoms with Crippen molar-refractivity contribution >= 4 is 5.97 Å². The molecule has 4 aromatic rings. The average Bonchev–Trinajstić information content (AvgIpc) is 3.37. The highest BCUT2D eigenvalue weighted by Gasteiger charge is 2.29. The van der Waals surface area contributed by atoms with Crippen LogP contribution >= 0.6 is 0 Å². The number of carboxylic acid groups (broad SMARTS) is 1. The number of fused-ring (bicyclic) bond motifs is 1. The number of benzene rings is 2. The van der Waals surface area contributed by atoms with E-state index in [1.54, 1.807) is 6.20 Å². The van der Waals surface area contributed by atoms with Crippen molar-refractivity contribution in [2.24, 2.45) is 0 Å². The molecule has 1 aliphatic rings. The number of pyridine rings is 1. The van der Waals surface area contributed by atoms with E-state index >= 15 is 0 Å². The SMILES string of the molecule is CC=CC1CC(n2cc(Cc3ccccc3-c3cccnc3)cn2)Cc2c(OCC(=O)O)cccc21. The zero-order chi connectivity index (χ0) is 24.9. The topological polar surface area (TPSA) is 77.2 Å². The van der Waals surface area contributed by atoms with Gasteiger partial charge in [-0.05, 0) is 54.2 Å². The average molecular weight is 480 g/mol. The van der Waals surface area contributed by atoms with Gasteiger partial charge < -0.3 is 9.84 Å². The molecule has 0 aliphatic heterocycles. The standard InChI is InChI=1S/C30H29N3O3/c1-2-7-22-15-25(16-28-27(22)11-5-12-29(28)36-20-30(34)35)33-19-21(17-32-33)14-23-8-3-4-10-26(23)24-9-6-13-31-18-24/h2-13,17-19,22,25H,14-16,20H2,1H3,(H,34,35). The molecule has 6 nitrogen and oxygen atoms in total. The summed E-state index contributed by atoms with van der Waals surface area (Å²) in [6, 6.07) is 18.5. The molecule has 1 N–H and O–H groups in total. The maximum absolute atomic E-state index is 11.1. The van der Waals surface area contributed by atoms with Gasteiger partial charge in [-0.2, -0.15) is 5.10 Å². The van der Waals surface area contributed by atoms with Crippen LogP contribution in [0.1, 0.15) is 47.6 Å². The summed E-state index contributed by atoms with van der Waals surface area (Å²) in [6.07, 6.45) is 14.5. The highest BCUT2D eigenvalue weighted by molar-refractivity contribution is 5.68. The molecule has 2 heterocycles. The Hall–Kier alpha value is -4.19. The van der Waals surface area contributed by atoms with Gasteiger partial charge in [0.15, 0.2) is 6.61 Å². The molecular formula is C30H29N3O3. The summed E-state index contributed by atoms with van der Waals surface area (Å²) in [7, 11) is 0. The van der Waals surface area contributed by atoms with Gasteiger partial charge in [-0.3, -0.25) is 9.67 Å². The number of hydrogen-bond acceptors (Lipinski definition) is 4. The van der Waals surface area contributed by atoms with Crippen LogP contribution in [0.25, 0.3) is 11.1 Å². The molecular weight excluding hydrogens is 450 g/mol. The van der Waals surface area contributed by atoms with Crippen molar-refractivity contribution in [3.63, 3.8) is 0 Å². The van der Waals surface area contributed by atoms with E-state index < -0.39 is 5.97 Å². The van der Waals surface area contributed by atoms with Gasteiger partial charge in [0, 0.05) is 42.1 Å². The molecule has 0 saturated heterocycles. The summed E-state index contributed by atoms with van der Waals surface area (Å²) in [5, 5.41) is 13.9. The monoisotopic (exact) mass is 479 g/mol. The Morgan fingerprint density at radius 3 is 2.83 bits per heavy atom. The van der Waals surface area contributed by atoms with E-state index in [-0.39, 0.29) is 18.6 Å². The number of rotatable bonds is 8. The third-order valence-corrected chi connectivity index (χ3v) is 6.72. The Balaban J connectivity index is 1.41. The van der Waals surface area contributed by atoms with Crippen LogP contribution in [0, 0.1) is 0 Å². The molecule has 0 bridgehead atoms. The number of hydrogen-bond donors (Lipinski definition) is 1. The van der Waals surface area contributed by atoms with E-state index in [0.717, 1.165) is 36.0 Å². The fourth-order valence-corrected chi connectivity index (χ4v) is 5.14. The molecule has 0 saturated carbocycles. The highest BCUT2D eigenvalue weighted by Crippen LogP contribution is 2.42. The first kappa shape index (κ1) is 23.5. The van der Waals surface area contributed by atoms with E-state index in [9.17, 15) is 4.79 Å². The highest BCUT2D eigenvalue weighted by atomic mass is 16.5. The Morgan fingerprint density at radius 2 is 2.03 bits per heavy atom. The zero-order valence-electron chi connectivity index (χ0n) is 20.2. The van der Waals surface area contributed by atoms with Crippen molar-refractivity contribution < 1.29 is 14.6 Å². The summed E-state index contributed by atoms with van der Waals surface area (Å²) in [5.74, 6) is -0.115. The van der Waals surface area contributed by atoms with Crippen LogP contribution in [0.15, 0.2) is 91.5 Å². The molecule has 0 fully saturated rings. The second kappa shape index (κ2) is 10.6. The minimum absolute atomic E-state index is 0.149. The lowest BCUT2D eigenvalue weighted by Gasteiger charge is -2.31. The van der Waals surface area contributed by atoms with Crippen molar-refractivity contribution in [3.8, 4) is 16.9 Å². The van der Waals surface area contributed by atoms with Crippen molar-refractivity contribution in [3.05, 3.63) is 114 Å². The van der Waals surface area contributed by atoms with Gasteiger partial charge in [0.05, 0.1) is 12.2 Å². The lowest BCUT2D eigenvalue weighted by molar-refractivity contribution is -0.139. The number of aromatic nitrogens is 3. The van der Waals surface area contributed by atoms with E-state index in [1.807, 2.05) is 37.5 Å². The number of carbonyl (C=O) groups is 1. The summed E-state index contributed by atoms with van der Waals surface area (Å²) in [6.45, 7) is 1.68. The number of nitrogens with zero attached hydrogens (tertiary/aromatic N) is 3. The Labute approximate surface area is 210 Å². The summed E-state index contributed by atoms with van der Waals surface area (Å²) in [5.41, 5.74) is 6.93. The lowest BCUT2D eigenvalue weighted by Crippen LogP contribution is -2.23. The number of ether oxygens (including phenoxy) is 1. The Bertz CT molecular complexity index is 1380. The molecule has 0 radical (unpaired) electrons. The van der Waals surface area contributed by atoms with Crippen LogP contribution in [0.4, 0.5) is 0 Å². The van der Waals surface area contributed by atoms with Crippen LogP contribution in [0.3, 0.4) is 0 Å². The van der Waals surface area contributed by atoms with Crippen LogP contribution in [-0.2, 0) is 17.6 Å². The third kappa shape index (κ3) is 5.08. The van der Waals surface area contributed by atoms with Gasteiger partial charge in [0.2, 0.25) is 0 Å². The van der Waals surface area contributed by atoms with Crippen LogP contribution in [0.2, 0.25) is 0 Å². The van der Waals surface area contributed by atoms with Crippen molar-refractivity contribution in [2.75, 3.05) is 6.61 Å². The van der Waals surface area contributed by atoms with E-state index in [1.165, 1.54) is 16.7 Å². The fourth-order valence-electron chi connectivity index (χ4n) is 5.14. The minimum Gasteiger partial charge on any atom is -0.482 e. The summed E-state index contributed by atoms with van der Waals surface area (Å²) < 4.78 is 7.72. The second-order valence-electron chi connectivity index (χ2n) is 9.14. The largest absolute Gasteiger partial charge is 0.482 e. The molecule has 1 aliphatic carbocycles. The maximum atomic E-state index is 11.1. The van der Waals surface area contributed by atoms with E-state index in [0.29, 0.717) is 5.75 Å². The van der Waals surface area contributed by atoms with Crippen LogP contribution in [-0.4, -0.2) is 32.4 Å². The minimum atomic E-state index is -0.978. The van der Waals surface area contributed by atoms with Gasteiger partial charge in [0.25, 0.3) is 0 Å². The van der Waals surface area contributed by atoms with Crippen molar-refractivity contribution in [1.82, 2.24) is 14.8 Å². The summed E-state index contributed by atoms with van der Waals surface area (Å²) in [4.78, 5) is 15.4. The summed E-state index contributed by atoms with van der Waals surface area (Å²) >= 11 is 0. The molecule has 6 heteroatoms. The third-order valence-electron chi connectivity index (χ3n) is 6.72. The number of allylic oxidation sites excluding steroid dienone is 2. The zero-order valence-corrected chi connectivity index (χ0v) is 20.2. The second-order valence-corrected chi connectivity index (χ2v) is 9.14. The molecule has 2 unspecified atom stereocenters. The van der Waals surface area contributed by atoms with Crippen molar-refractivity contribution in [2.45, 2.75) is 38.1 Å². The van der Waals surface area contributed by atoms with Gasteiger partial charge in [-0.1, -0.05) is 54.6 Å². The van der Waals surface area contributed by atoms with Crippen molar-refractivity contribution in [1.29, 1.82) is 0 Å². The fraction of sp³-hybridized carbons (Fsp3) is 0.233. The predicted molar refractivity (Wildman–Crippen MR) is 139 cm³/mol. The van der Waals surface area contributed by atoms with E-state index in [4.69, 9.17) is 14.9 Å². The predicted octanol–water partition coefficient (Wildman–Crippen LogP) is 5.85. The van der Waals surface area contributed by atoms with Crippen LogP contribution in [0.5, 0.6) is 5.75 Å². The Kier molecular flexibility index (Phi) is 6.94. The molecule has 2 aromatic heterocycles. The smallest absolute Gasteiger partial charge is 0.341 e. The lowest BCUT2D eigenvalue weighted by atomic mass is 9.79. The number of aliphatic carboxylic acids is 1. The number of carboxylic acids is 1. The first-order valence-corrected chi connectivity index (χ1v) is 12.2. The van der Waals surface area contributed by atoms with Gasteiger partial charge in [-0.15, -0.1) is 0 Å². The first-order valence-electron chi connectivity index (χ1n) is 12.2. The maximum Gasteiger partial charge on any atom is 0.341 e. The molecule has 2 atom stereocenters. The molecule has 0 spiro atoms. The van der Waals surface area contributed by atoms with E-state index in [2.05, 4.69) is 64.4 Å². The van der Waals surface area contributed by atoms with Gasteiger partial charge >= 0.3 is 5.97 Å². The molecule has 182 valence electrons. The first-order chi connectivity index (χ1) is 17.6. The van der Waals surface area contributed by atoms with Crippen LogP contribution < -0.4 is 4.74 Å². The Morgan fingerprint density at radius 1 is 1.14 bits per heavy atom. The van der Waals surface area contributed by atoms with Gasteiger partial charge in [0.1, 0.15) is 5.75 Å². The normalized spacial score (nSPS) is 17.1. The molecule has 0 amide bonds. The quantitative estimate of drug-likeness (QED) is 0.321. The van der Waals surface area contributed by atoms with Gasteiger partial charge in [-0.25, -0.2) is 4.79 Å².